The fourth-order valence-electron chi connectivity index (χ4n) is 2.24. The summed E-state index contributed by atoms with van der Waals surface area (Å²) in [6.45, 7) is 5.43. The minimum Gasteiger partial charge on any atom is -0.368 e. The summed E-state index contributed by atoms with van der Waals surface area (Å²) in [5, 5.41) is 4.10. The summed E-state index contributed by atoms with van der Waals surface area (Å²) in [5.41, 5.74) is 1.09. The minimum atomic E-state index is -0.244. The second kappa shape index (κ2) is 6.11. The topological polar surface area (TPSA) is 47.4 Å². The molecule has 0 aliphatic carbocycles. The van der Waals surface area contributed by atoms with E-state index in [-0.39, 0.29) is 11.9 Å². The molecule has 0 bridgehead atoms. The zero-order valence-corrected chi connectivity index (χ0v) is 11.1. The van der Waals surface area contributed by atoms with Gasteiger partial charge in [-0.15, -0.1) is 0 Å². The van der Waals surface area contributed by atoms with E-state index in [4.69, 9.17) is 4.74 Å². The van der Waals surface area contributed by atoms with E-state index < -0.39 is 0 Å². The van der Waals surface area contributed by atoms with Crippen molar-refractivity contribution in [2.75, 3.05) is 26.2 Å². The Labute approximate surface area is 108 Å². The lowest BCUT2D eigenvalue weighted by Crippen LogP contribution is -2.45. The SMILES string of the molecule is CCN1CCOC(C(=O)CCc2ccnn2C)C1. The van der Waals surface area contributed by atoms with Crippen molar-refractivity contribution in [3.63, 3.8) is 0 Å². The third kappa shape index (κ3) is 3.17. The summed E-state index contributed by atoms with van der Waals surface area (Å²) in [5.74, 6) is 0.203. The molecule has 1 unspecified atom stereocenters. The zero-order chi connectivity index (χ0) is 13.0. The van der Waals surface area contributed by atoms with Crippen molar-refractivity contribution in [3.8, 4) is 0 Å². The van der Waals surface area contributed by atoms with Crippen molar-refractivity contribution in [2.24, 2.45) is 7.05 Å². The van der Waals surface area contributed by atoms with Crippen LogP contribution in [0.5, 0.6) is 0 Å². The van der Waals surface area contributed by atoms with E-state index in [0.717, 1.165) is 31.7 Å². The molecule has 0 saturated carbocycles. The van der Waals surface area contributed by atoms with Crippen molar-refractivity contribution >= 4 is 5.78 Å². The van der Waals surface area contributed by atoms with E-state index in [0.29, 0.717) is 13.0 Å². The number of Topliss-reactive ketones (excluding diaryl/α,β-unsaturated/α-hetero) is 1. The van der Waals surface area contributed by atoms with E-state index >= 15 is 0 Å². The summed E-state index contributed by atoms with van der Waals surface area (Å²) in [6, 6.07) is 1.95. The highest BCUT2D eigenvalue weighted by molar-refractivity contribution is 5.83. The Morgan fingerprint density at radius 3 is 3.11 bits per heavy atom. The third-order valence-corrected chi connectivity index (χ3v) is 3.51. The summed E-state index contributed by atoms with van der Waals surface area (Å²) in [4.78, 5) is 14.3. The number of morpholine rings is 1. The van der Waals surface area contributed by atoms with Crippen molar-refractivity contribution < 1.29 is 9.53 Å². The lowest BCUT2D eigenvalue weighted by atomic mass is 10.1. The molecule has 1 aliphatic rings. The van der Waals surface area contributed by atoms with Crippen LogP contribution in [0.2, 0.25) is 0 Å². The molecular formula is C13H21N3O2. The molecule has 5 heteroatoms. The van der Waals surface area contributed by atoms with Gasteiger partial charge in [-0.05, 0) is 19.0 Å². The molecule has 2 heterocycles. The van der Waals surface area contributed by atoms with Gasteiger partial charge in [-0.2, -0.15) is 5.10 Å². The number of hydrogen-bond acceptors (Lipinski definition) is 4. The van der Waals surface area contributed by atoms with Crippen molar-refractivity contribution in [2.45, 2.75) is 25.9 Å². The predicted octanol–water partition coefficient (Wildman–Crippen LogP) is 0.642. The lowest BCUT2D eigenvalue weighted by Gasteiger charge is -2.31. The average Bonchev–Trinajstić information content (AvgIpc) is 2.81. The highest BCUT2D eigenvalue weighted by atomic mass is 16.5. The number of ether oxygens (including phenoxy) is 1. The van der Waals surface area contributed by atoms with Crippen LogP contribution in [0.1, 0.15) is 19.0 Å². The van der Waals surface area contributed by atoms with Gasteiger partial charge in [0.1, 0.15) is 6.10 Å². The first-order valence-electron chi connectivity index (χ1n) is 6.54. The van der Waals surface area contributed by atoms with E-state index in [9.17, 15) is 4.79 Å². The van der Waals surface area contributed by atoms with E-state index in [1.165, 1.54) is 0 Å². The third-order valence-electron chi connectivity index (χ3n) is 3.51. The number of hydrogen-bond donors (Lipinski definition) is 0. The van der Waals surface area contributed by atoms with Gasteiger partial charge in [0, 0.05) is 38.4 Å². The van der Waals surface area contributed by atoms with Gasteiger partial charge in [-0.25, -0.2) is 0 Å². The normalized spacial score (nSPS) is 21.1. The molecule has 0 radical (unpaired) electrons. The Morgan fingerprint density at radius 2 is 2.44 bits per heavy atom. The average molecular weight is 251 g/mol. The molecule has 1 fully saturated rings. The number of carbonyl (C=O) groups excluding carboxylic acids is 1. The predicted molar refractivity (Wildman–Crippen MR) is 68.4 cm³/mol. The molecule has 1 aliphatic heterocycles. The van der Waals surface area contributed by atoms with Gasteiger partial charge < -0.3 is 4.74 Å². The van der Waals surface area contributed by atoms with Gasteiger partial charge in [0.15, 0.2) is 5.78 Å². The van der Waals surface area contributed by atoms with Gasteiger partial charge in [0.25, 0.3) is 0 Å². The van der Waals surface area contributed by atoms with Gasteiger partial charge in [-0.1, -0.05) is 6.92 Å². The molecule has 0 aromatic carbocycles. The Balaban J connectivity index is 1.82. The molecule has 1 aromatic heterocycles. The second-order valence-corrected chi connectivity index (χ2v) is 4.67. The molecule has 1 aromatic rings. The van der Waals surface area contributed by atoms with Gasteiger partial charge in [0.05, 0.1) is 6.61 Å². The molecular weight excluding hydrogens is 230 g/mol. The molecule has 2 rings (SSSR count). The Morgan fingerprint density at radius 1 is 1.61 bits per heavy atom. The van der Waals surface area contributed by atoms with Crippen molar-refractivity contribution in [1.29, 1.82) is 0 Å². The largest absolute Gasteiger partial charge is 0.368 e. The first-order chi connectivity index (χ1) is 8.70. The second-order valence-electron chi connectivity index (χ2n) is 4.67. The number of likely N-dealkylation sites (N-methyl/N-ethyl adjacent to an activating group) is 1. The molecule has 0 amide bonds. The summed E-state index contributed by atoms with van der Waals surface area (Å²) >= 11 is 0. The van der Waals surface area contributed by atoms with E-state index in [1.807, 2.05) is 17.8 Å². The smallest absolute Gasteiger partial charge is 0.163 e. The fraction of sp³-hybridized carbons (Fsp3) is 0.692. The maximum atomic E-state index is 12.1. The van der Waals surface area contributed by atoms with Crippen LogP contribution in [-0.4, -0.2) is 52.8 Å². The van der Waals surface area contributed by atoms with Crippen LogP contribution >= 0.6 is 0 Å². The van der Waals surface area contributed by atoms with Crippen LogP contribution in [0.3, 0.4) is 0 Å². The van der Waals surface area contributed by atoms with Crippen molar-refractivity contribution in [1.82, 2.24) is 14.7 Å². The Hall–Kier alpha value is -1.20. The van der Waals surface area contributed by atoms with E-state index in [1.54, 1.807) is 6.20 Å². The zero-order valence-electron chi connectivity index (χ0n) is 11.1. The molecule has 100 valence electrons. The standard InChI is InChI=1S/C13H21N3O2/c1-3-16-8-9-18-13(10-16)12(17)5-4-11-6-7-14-15(11)2/h6-7,13H,3-5,8-10H2,1-2H3. The first-order valence-corrected chi connectivity index (χ1v) is 6.54. The fourth-order valence-corrected chi connectivity index (χ4v) is 2.24. The molecule has 0 N–H and O–H groups in total. The highest BCUT2D eigenvalue weighted by Gasteiger charge is 2.25. The van der Waals surface area contributed by atoms with Crippen LogP contribution in [0.25, 0.3) is 0 Å². The molecule has 5 nitrogen and oxygen atoms in total. The van der Waals surface area contributed by atoms with Gasteiger partial charge in [-0.3, -0.25) is 14.4 Å². The van der Waals surface area contributed by atoms with Crippen LogP contribution < -0.4 is 0 Å². The quantitative estimate of drug-likeness (QED) is 0.770. The molecule has 1 saturated heterocycles. The number of carbonyl (C=O) groups is 1. The first kappa shape index (κ1) is 13.2. The van der Waals surface area contributed by atoms with Crippen molar-refractivity contribution in [3.05, 3.63) is 18.0 Å². The Bertz CT molecular complexity index is 403. The molecule has 18 heavy (non-hydrogen) atoms. The van der Waals surface area contributed by atoms with Crippen LogP contribution in [0.15, 0.2) is 12.3 Å². The van der Waals surface area contributed by atoms with Gasteiger partial charge >= 0.3 is 0 Å². The number of nitrogens with zero attached hydrogens (tertiary/aromatic N) is 3. The Kier molecular flexibility index (Phi) is 4.49. The van der Waals surface area contributed by atoms with Crippen LogP contribution in [0, 0.1) is 0 Å². The molecule has 0 spiro atoms. The van der Waals surface area contributed by atoms with Crippen LogP contribution in [-0.2, 0) is 23.0 Å². The monoisotopic (exact) mass is 251 g/mol. The maximum absolute atomic E-state index is 12.1. The number of ketones is 1. The minimum absolute atomic E-state index is 0.203. The number of aromatic nitrogens is 2. The van der Waals surface area contributed by atoms with E-state index in [2.05, 4.69) is 16.9 Å². The summed E-state index contributed by atoms with van der Waals surface area (Å²) in [6.07, 6.45) is 2.78. The molecule has 1 atom stereocenters. The number of rotatable bonds is 5. The van der Waals surface area contributed by atoms with Gasteiger partial charge in [0.2, 0.25) is 0 Å². The lowest BCUT2D eigenvalue weighted by molar-refractivity contribution is -0.136. The maximum Gasteiger partial charge on any atom is 0.163 e. The van der Waals surface area contributed by atoms with Crippen LogP contribution in [0.4, 0.5) is 0 Å². The number of aryl methyl sites for hydroxylation is 2. The summed E-state index contributed by atoms with van der Waals surface area (Å²) < 4.78 is 7.37. The highest BCUT2D eigenvalue weighted by Crippen LogP contribution is 2.10. The summed E-state index contributed by atoms with van der Waals surface area (Å²) in [7, 11) is 1.90.